The van der Waals surface area contributed by atoms with Crippen molar-refractivity contribution in [3.05, 3.63) is 65.2 Å². The minimum absolute atomic E-state index is 0.0676. The molecule has 0 aliphatic rings. The van der Waals surface area contributed by atoms with Crippen molar-refractivity contribution in [2.75, 3.05) is 21.2 Å². The molecule has 0 heterocycles. The topological polar surface area (TPSA) is 63.7 Å². The predicted octanol–water partition coefficient (Wildman–Crippen LogP) is 3.56. The lowest BCUT2D eigenvalue weighted by molar-refractivity contribution is -0.118. The van der Waals surface area contributed by atoms with Crippen molar-refractivity contribution < 1.29 is 19.1 Å². The first kappa shape index (κ1) is 20.4. The van der Waals surface area contributed by atoms with Crippen LogP contribution < -0.4 is 4.74 Å². The van der Waals surface area contributed by atoms with Crippen molar-refractivity contribution >= 4 is 17.5 Å². The van der Waals surface area contributed by atoms with Gasteiger partial charge in [0, 0.05) is 31.6 Å². The standard InChI is InChI=1S/C22H25NO4/c1-23(2)22(26)18-11-9-17(10-12-18)21(25)15-19(24)6-4-5-16-7-13-20(27-3)14-8-16/h7-14H,4-6,15H2,1-3H3. The van der Waals surface area contributed by atoms with Gasteiger partial charge in [-0.3, -0.25) is 14.4 Å². The second kappa shape index (κ2) is 9.67. The van der Waals surface area contributed by atoms with Gasteiger partial charge < -0.3 is 9.64 Å². The van der Waals surface area contributed by atoms with Crippen molar-refractivity contribution in [3.8, 4) is 5.75 Å². The largest absolute Gasteiger partial charge is 0.497 e. The Labute approximate surface area is 159 Å². The van der Waals surface area contributed by atoms with Crippen LogP contribution in [0.3, 0.4) is 0 Å². The number of carbonyl (C=O) groups excluding carboxylic acids is 3. The zero-order valence-corrected chi connectivity index (χ0v) is 16.0. The van der Waals surface area contributed by atoms with E-state index in [1.54, 1.807) is 45.5 Å². The lowest BCUT2D eigenvalue weighted by Crippen LogP contribution is -2.21. The molecule has 5 nitrogen and oxygen atoms in total. The van der Waals surface area contributed by atoms with Gasteiger partial charge in [0.2, 0.25) is 0 Å². The van der Waals surface area contributed by atoms with E-state index in [-0.39, 0.29) is 23.9 Å². The van der Waals surface area contributed by atoms with Gasteiger partial charge in [-0.2, -0.15) is 0 Å². The lowest BCUT2D eigenvalue weighted by Gasteiger charge is -2.10. The Bertz CT molecular complexity index is 792. The zero-order chi connectivity index (χ0) is 19.8. The van der Waals surface area contributed by atoms with Crippen LogP contribution >= 0.6 is 0 Å². The number of rotatable bonds is 9. The van der Waals surface area contributed by atoms with E-state index in [0.29, 0.717) is 24.0 Å². The molecular formula is C22H25NO4. The minimum Gasteiger partial charge on any atom is -0.497 e. The van der Waals surface area contributed by atoms with Gasteiger partial charge in [0.15, 0.2) is 5.78 Å². The number of hydrogen-bond acceptors (Lipinski definition) is 4. The first-order chi connectivity index (χ1) is 12.9. The summed E-state index contributed by atoms with van der Waals surface area (Å²) in [4.78, 5) is 37.7. The number of Topliss-reactive ketones (excluding diaryl/α,β-unsaturated/α-hetero) is 2. The molecule has 0 aliphatic carbocycles. The van der Waals surface area contributed by atoms with Crippen LogP contribution in [0.2, 0.25) is 0 Å². The van der Waals surface area contributed by atoms with Gasteiger partial charge in [0.1, 0.15) is 11.5 Å². The Morgan fingerprint density at radius 3 is 2.04 bits per heavy atom. The highest BCUT2D eigenvalue weighted by atomic mass is 16.5. The van der Waals surface area contributed by atoms with E-state index < -0.39 is 0 Å². The molecule has 5 heteroatoms. The van der Waals surface area contributed by atoms with Gasteiger partial charge in [0.25, 0.3) is 5.91 Å². The Morgan fingerprint density at radius 2 is 1.48 bits per heavy atom. The van der Waals surface area contributed by atoms with Crippen LogP contribution in [0.5, 0.6) is 5.75 Å². The number of nitrogens with zero attached hydrogens (tertiary/aromatic N) is 1. The van der Waals surface area contributed by atoms with E-state index in [2.05, 4.69) is 0 Å². The van der Waals surface area contributed by atoms with Crippen molar-refractivity contribution in [1.82, 2.24) is 4.90 Å². The number of ether oxygens (including phenoxy) is 1. The molecule has 0 bridgehead atoms. The maximum Gasteiger partial charge on any atom is 0.253 e. The maximum atomic E-state index is 12.2. The number of methoxy groups -OCH3 is 1. The molecule has 0 saturated carbocycles. The van der Waals surface area contributed by atoms with E-state index in [9.17, 15) is 14.4 Å². The van der Waals surface area contributed by atoms with Crippen molar-refractivity contribution in [3.63, 3.8) is 0 Å². The highest BCUT2D eigenvalue weighted by molar-refractivity contribution is 6.08. The van der Waals surface area contributed by atoms with Crippen LogP contribution in [0, 0.1) is 0 Å². The van der Waals surface area contributed by atoms with Crippen LogP contribution in [0.15, 0.2) is 48.5 Å². The summed E-state index contributed by atoms with van der Waals surface area (Å²) in [5.74, 6) is 0.401. The molecule has 0 radical (unpaired) electrons. The van der Waals surface area contributed by atoms with Gasteiger partial charge in [-0.1, -0.05) is 24.3 Å². The molecule has 2 aromatic carbocycles. The molecule has 27 heavy (non-hydrogen) atoms. The third-order valence-electron chi connectivity index (χ3n) is 4.30. The molecule has 0 fully saturated rings. The third kappa shape index (κ3) is 6.06. The molecule has 0 atom stereocenters. The number of benzene rings is 2. The Hall–Kier alpha value is -2.95. The summed E-state index contributed by atoms with van der Waals surface area (Å²) in [6.07, 6.45) is 1.75. The van der Waals surface area contributed by atoms with Crippen LogP contribution in [-0.2, 0) is 11.2 Å². The van der Waals surface area contributed by atoms with Crippen LogP contribution in [0.4, 0.5) is 0 Å². The molecule has 0 unspecified atom stereocenters. The summed E-state index contributed by atoms with van der Waals surface area (Å²) >= 11 is 0. The maximum absolute atomic E-state index is 12.2. The average Bonchev–Trinajstić information content (AvgIpc) is 2.68. The number of aryl methyl sites for hydroxylation is 1. The number of amides is 1. The SMILES string of the molecule is COc1ccc(CCCC(=O)CC(=O)c2ccc(C(=O)N(C)C)cc2)cc1. The first-order valence-corrected chi connectivity index (χ1v) is 8.90. The molecular weight excluding hydrogens is 342 g/mol. The lowest BCUT2D eigenvalue weighted by atomic mass is 10.0. The van der Waals surface area contributed by atoms with E-state index in [0.717, 1.165) is 17.7 Å². The monoisotopic (exact) mass is 367 g/mol. The second-order valence-corrected chi connectivity index (χ2v) is 6.62. The molecule has 2 aromatic rings. The molecule has 0 spiro atoms. The van der Waals surface area contributed by atoms with E-state index in [1.165, 1.54) is 4.90 Å². The third-order valence-corrected chi connectivity index (χ3v) is 4.30. The minimum atomic E-state index is -0.215. The molecule has 0 N–H and O–H groups in total. The highest BCUT2D eigenvalue weighted by Crippen LogP contribution is 2.14. The Balaban J connectivity index is 1.80. The molecule has 142 valence electrons. The van der Waals surface area contributed by atoms with Gasteiger partial charge in [-0.05, 0) is 42.7 Å². The van der Waals surface area contributed by atoms with Gasteiger partial charge >= 0.3 is 0 Å². The summed E-state index contributed by atoms with van der Waals surface area (Å²) in [5.41, 5.74) is 2.10. The molecule has 1 amide bonds. The van der Waals surface area contributed by atoms with Crippen molar-refractivity contribution in [2.45, 2.75) is 25.7 Å². The fourth-order valence-corrected chi connectivity index (χ4v) is 2.71. The van der Waals surface area contributed by atoms with Gasteiger partial charge in [0.05, 0.1) is 13.5 Å². The average molecular weight is 367 g/mol. The molecule has 0 aliphatic heterocycles. The summed E-state index contributed by atoms with van der Waals surface area (Å²) in [5, 5.41) is 0. The fourth-order valence-electron chi connectivity index (χ4n) is 2.71. The normalized spacial score (nSPS) is 10.3. The Morgan fingerprint density at radius 1 is 0.889 bits per heavy atom. The van der Waals surface area contributed by atoms with Crippen molar-refractivity contribution in [1.29, 1.82) is 0 Å². The van der Waals surface area contributed by atoms with Crippen LogP contribution in [-0.4, -0.2) is 43.6 Å². The second-order valence-electron chi connectivity index (χ2n) is 6.62. The number of ketones is 2. The zero-order valence-electron chi connectivity index (χ0n) is 16.0. The molecule has 0 aromatic heterocycles. The highest BCUT2D eigenvalue weighted by Gasteiger charge is 2.13. The smallest absolute Gasteiger partial charge is 0.253 e. The van der Waals surface area contributed by atoms with Crippen molar-refractivity contribution in [2.24, 2.45) is 0 Å². The first-order valence-electron chi connectivity index (χ1n) is 8.90. The van der Waals surface area contributed by atoms with Crippen LogP contribution in [0.25, 0.3) is 0 Å². The molecule has 2 rings (SSSR count). The fraction of sp³-hybridized carbons (Fsp3) is 0.318. The van der Waals surface area contributed by atoms with E-state index in [4.69, 9.17) is 4.74 Å². The summed E-state index contributed by atoms with van der Waals surface area (Å²) < 4.78 is 5.12. The summed E-state index contributed by atoms with van der Waals surface area (Å²) in [7, 11) is 4.97. The summed E-state index contributed by atoms with van der Waals surface area (Å²) in [6.45, 7) is 0. The van der Waals surface area contributed by atoms with Gasteiger partial charge in [-0.15, -0.1) is 0 Å². The number of hydrogen-bond donors (Lipinski definition) is 0. The Kier molecular flexibility index (Phi) is 7.29. The quantitative estimate of drug-likeness (QED) is 0.502. The summed E-state index contributed by atoms with van der Waals surface area (Å²) in [6, 6.07) is 14.2. The predicted molar refractivity (Wildman–Crippen MR) is 104 cm³/mol. The van der Waals surface area contributed by atoms with Gasteiger partial charge in [-0.25, -0.2) is 0 Å². The van der Waals surface area contributed by atoms with E-state index in [1.807, 2.05) is 24.3 Å². The molecule has 0 saturated heterocycles. The van der Waals surface area contributed by atoms with E-state index >= 15 is 0 Å². The number of carbonyl (C=O) groups is 3. The van der Waals surface area contributed by atoms with Crippen LogP contribution in [0.1, 0.15) is 45.5 Å².